The lowest BCUT2D eigenvalue weighted by Crippen LogP contribution is -1.99. The molecule has 0 saturated heterocycles. The predicted molar refractivity (Wildman–Crippen MR) is 47.7 cm³/mol. The summed E-state index contributed by atoms with van der Waals surface area (Å²) in [5, 5.41) is 9.08. The van der Waals surface area contributed by atoms with Crippen LogP contribution in [0.4, 0.5) is 0 Å². The minimum Gasteiger partial charge on any atom is -0.505 e. The lowest BCUT2D eigenvalue weighted by atomic mass is 10.2. The Balaban J connectivity index is 3.56. The van der Waals surface area contributed by atoms with Crippen molar-refractivity contribution in [3.05, 3.63) is 22.7 Å². The fourth-order valence-electron chi connectivity index (χ4n) is 0.899. The molecule has 0 spiro atoms. The highest BCUT2D eigenvalue weighted by Gasteiger charge is 2.17. The number of rotatable bonds is 1. The minimum absolute atomic E-state index is 0.104. The molecule has 0 aliphatic carbocycles. The smallest absolute Gasteiger partial charge is 0.298 e. The summed E-state index contributed by atoms with van der Waals surface area (Å²) in [5.41, 5.74) is 0.537. The maximum absolute atomic E-state index is 10.7. The predicted octanol–water partition coefficient (Wildman–Crippen LogP) is 1.60. The summed E-state index contributed by atoms with van der Waals surface area (Å²) < 4.78 is 30.1. The van der Waals surface area contributed by atoms with Gasteiger partial charge in [0.2, 0.25) is 0 Å². The van der Waals surface area contributed by atoms with Gasteiger partial charge in [0.1, 0.15) is 4.90 Å². The van der Waals surface area contributed by atoms with E-state index in [1.54, 1.807) is 6.92 Å². The topological polar surface area (TPSA) is 74.6 Å². The Kier molecular flexibility index (Phi) is 2.51. The summed E-state index contributed by atoms with van der Waals surface area (Å²) in [6, 6.07) is 2.53. The van der Waals surface area contributed by atoms with Crippen LogP contribution in [0.2, 0.25) is 5.02 Å². The van der Waals surface area contributed by atoms with E-state index in [0.29, 0.717) is 5.56 Å². The van der Waals surface area contributed by atoms with E-state index in [9.17, 15) is 13.5 Å². The molecule has 0 aliphatic rings. The average Bonchev–Trinajstić information content (AvgIpc) is 1.94. The van der Waals surface area contributed by atoms with Crippen LogP contribution < -0.4 is 0 Å². The van der Waals surface area contributed by atoms with Crippen LogP contribution in [0.1, 0.15) is 5.56 Å². The van der Waals surface area contributed by atoms with E-state index < -0.39 is 20.8 Å². The van der Waals surface area contributed by atoms with E-state index in [1.165, 1.54) is 6.07 Å². The van der Waals surface area contributed by atoms with Crippen molar-refractivity contribution in [2.24, 2.45) is 0 Å². The molecule has 2 N–H and O–H groups in total. The summed E-state index contributed by atoms with van der Waals surface area (Å²) >= 11 is 5.50. The van der Waals surface area contributed by atoms with Crippen molar-refractivity contribution in [3.8, 4) is 5.75 Å². The van der Waals surface area contributed by atoms with Gasteiger partial charge in [-0.2, -0.15) is 8.42 Å². The molecule has 1 aromatic carbocycles. The van der Waals surface area contributed by atoms with E-state index in [1.807, 2.05) is 0 Å². The second-order valence-corrected chi connectivity index (χ2v) is 4.37. The molecule has 72 valence electrons. The molecule has 0 saturated carbocycles. The SMILES string of the molecule is Cc1cc(Cl)c(O)c(S(=O)(=O)O)c1. The molecule has 1 rings (SSSR count). The standard InChI is InChI=1S/C7H7ClO4S/c1-4-2-5(8)7(9)6(3-4)13(10,11)12/h2-3,9H,1H3,(H,10,11,12). The molecule has 0 aliphatic heterocycles. The van der Waals surface area contributed by atoms with Crippen molar-refractivity contribution in [1.82, 2.24) is 0 Å². The zero-order valence-corrected chi connectivity index (χ0v) is 8.22. The molecule has 0 amide bonds. The van der Waals surface area contributed by atoms with E-state index in [2.05, 4.69) is 0 Å². The van der Waals surface area contributed by atoms with Crippen molar-refractivity contribution in [3.63, 3.8) is 0 Å². The zero-order chi connectivity index (χ0) is 10.2. The van der Waals surface area contributed by atoms with Gasteiger partial charge in [0, 0.05) is 0 Å². The van der Waals surface area contributed by atoms with Crippen LogP contribution in [0.15, 0.2) is 17.0 Å². The lowest BCUT2D eigenvalue weighted by Gasteiger charge is -2.04. The Morgan fingerprint density at radius 2 is 1.92 bits per heavy atom. The van der Waals surface area contributed by atoms with Crippen LogP contribution in [0.25, 0.3) is 0 Å². The molecule has 0 unspecified atom stereocenters. The van der Waals surface area contributed by atoms with Crippen molar-refractivity contribution < 1.29 is 18.1 Å². The summed E-state index contributed by atoms with van der Waals surface area (Å²) in [4.78, 5) is -0.572. The maximum Gasteiger partial charge on any atom is 0.298 e. The van der Waals surface area contributed by atoms with Gasteiger partial charge in [0.05, 0.1) is 5.02 Å². The van der Waals surface area contributed by atoms with E-state index in [0.717, 1.165) is 6.07 Å². The summed E-state index contributed by atoms with van der Waals surface area (Å²) in [6.07, 6.45) is 0. The summed E-state index contributed by atoms with van der Waals surface area (Å²) in [6.45, 7) is 1.60. The second-order valence-electron chi connectivity index (χ2n) is 2.57. The molecule has 0 heterocycles. The van der Waals surface area contributed by atoms with Gasteiger partial charge in [-0.05, 0) is 24.6 Å². The summed E-state index contributed by atoms with van der Waals surface area (Å²) in [5.74, 6) is -0.630. The van der Waals surface area contributed by atoms with Crippen molar-refractivity contribution in [2.45, 2.75) is 11.8 Å². The van der Waals surface area contributed by atoms with Crippen molar-refractivity contribution in [1.29, 1.82) is 0 Å². The largest absolute Gasteiger partial charge is 0.505 e. The minimum atomic E-state index is -4.41. The first kappa shape index (κ1) is 10.3. The Bertz CT molecular complexity index is 438. The Morgan fingerprint density at radius 3 is 2.38 bits per heavy atom. The average molecular weight is 223 g/mol. The van der Waals surface area contributed by atoms with Gasteiger partial charge in [0.25, 0.3) is 10.1 Å². The number of hydrogen-bond acceptors (Lipinski definition) is 3. The zero-order valence-electron chi connectivity index (χ0n) is 6.65. The van der Waals surface area contributed by atoms with Crippen LogP contribution in [0.5, 0.6) is 5.75 Å². The molecule has 1 aromatic rings. The molecule has 0 fully saturated rings. The van der Waals surface area contributed by atoms with Gasteiger partial charge in [-0.3, -0.25) is 4.55 Å². The van der Waals surface area contributed by atoms with Crippen molar-refractivity contribution >= 4 is 21.7 Å². The quantitative estimate of drug-likeness (QED) is 0.708. The fraction of sp³-hybridized carbons (Fsp3) is 0.143. The maximum atomic E-state index is 10.7. The molecule has 0 aromatic heterocycles. The van der Waals surface area contributed by atoms with Gasteiger partial charge in [0.15, 0.2) is 5.75 Å². The number of phenolic OH excluding ortho intramolecular Hbond substituents is 1. The monoisotopic (exact) mass is 222 g/mol. The second kappa shape index (κ2) is 3.17. The molecule has 4 nitrogen and oxygen atoms in total. The highest BCUT2D eigenvalue weighted by atomic mass is 35.5. The lowest BCUT2D eigenvalue weighted by molar-refractivity contribution is 0.443. The number of benzene rings is 1. The highest BCUT2D eigenvalue weighted by molar-refractivity contribution is 7.86. The van der Waals surface area contributed by atoms with Crippen LogP contribution in [-0.4, -0.2) is 18.1 Å². The van der Waals surface area contributed by atoms with Crippen LogP contribution in [0.3, 0.4) is 0 Å². The number of phenols is 1. The third-order valence-electron chi connectivity index (χ3n) is 1.45. The first-order valence-electron chi connectivity index (χ1n) is 3.29. The number of halogens is 1. The van der Waals surface area contributed by atoms with Gasteiger partial charge in [-0.15, -0.1) is 0 Å². The van der Waals surface area contributed by atoms with Gasteiger partial charge in [-0.1, -0.05) is 11.6 Å². The number of aromatic hydroxyl groups is 1. The van der Waals surface area contributed by atoms with Crippen LogP contribution >= 0.6 is 11.6 Å². The molecule has 13 heavy (non-hydrogen) atoms. The Labute approximate surface area is 80.5 Å². The normalized spacial score (nSPS) is 11.6. The molecule has 6 heteroatoms. The highest BCUT2D eigenvalue weighted by Crippen LogP contribution is 2.31. The first-order chi connectivity index (χ1) is 5.82. The van der Waals surface area contributed by atoms with E-state index in [4.69, 9.17) is 16.2 Å². The molecular formula is C7H7ClO4S. The van der Waals surface area contributed by atoms with E-state index in [-0.39, 0.29) is 5.02 Å². The molecule has 0 bridgehead atoms. The third-order valence-corrected chi connectivity index (χ3v) is 2.61. The number of hydrogen-bond donors (Lipinski definition) is 2. The fourth-order valence-corrected chi connectivity index (χ4v) is 1.92. The summed E-state index contributed by atoms with van der Waals surface area (Å²) in [7, 11) is -4.41. The first-order valence-corrected chi connectivity index (χ1v) is 5.11. The number of aryl methyl sites for hydroxylation is 1. The van der Waals surface area contributed by atoms with Gasteiger partial charge < -0.3 is 5.11 Å². The van der Waals surface area contributed by atoms with Crippen LogP contribution in [-0.2, 0) is 10.1 Å². The van der Waals surface area contributed by atoms with Crippen LogP contribution in [0, 0.1) is 6.92 Å². The van der Waals surface area contributed by atoms with E-state index >= 15 is 0 Å². The molecular weight excluding hydrogens is 216 g/mol. The Hall–Kier alpha value is -0.780. The third kappa shape index (κ3) is 2.12. The van der Waals surface area contributed by atoms with Crippen molar-refractivity contribution in [2.75, 3.05) is 0 Å². The van der Waals surface area contributed by atoms with Gasteiger partial charge in [-0.25, -0.2) is 0 Å². The van der Waals surface area contributed by atoms with Gasteiger partial charge >= 0.3 is 0 Å². The Morgan fingerprint density at radius 1 is 1.38 bits per heavy atom. The molecule has 0 atom stereocenters. The molecule has 0 radical (unpaired) electrons.